The molecule has 0 fully saturated rings. The standard InChI is InChI=1S/C13H18BrNO3/c1-9(16)11-8-10(14)4-5-12(11)18-7-6-13(17)15(2)3/h4-5,8-9,16H,6-7H2,1-3H3/t9-/m1/s1. The van der Waals surface area contributed by atoms with Crippen molar-refractivity contribution in [3.8, 4) is 5.75 Å². The van der Waals surface area contributed by atoms with Crippen LogP contribution in [0.25, 0.3) is 0 Å². The average molecular weight is 316 g/mol. The molecule has 1 rings (SSSR count). The smallest absolute Gasteiger partial charge is 0.225 e. The van der Waals surface area contributed by atoms with E-state index in [1.165, 1.54) is 4.90 Å². The zero-order valence-corrected chi connectivity index (χ0v) is 12.4. The molecule has 1 N–H and O–H groups in total. The molecule has 0 radical (unpaired) electrons. The Labute approximate surface area is 116 Å². The zero-order chi connectivity index (χ0) is 13.7. The minimum absolute atomic E-state index is 0.0192. The quantitative estimate of drug-likeness (QED) is 0.907. The summed E-state index contributed by atoms with van der Waals surface area (Å²) in [5.74, 6) is 0.630. The van der Waals surface area contributed by atoms with Crippen LogP contribution in [0.2, 0.25) is 0 Å². The lowest BCUT2D eigenvalue weighted by Crippen LogP contribution is -2.23. The molecule has 0 aliphatic heterocycles. The molecule has 0 spiro atoms. The third kappa shape index (κ3) is 4.31. The largest absolute Gasteiger partial charge is 0.493 e. The second kappa shape index (κ2) is 6.75. The molecule has 100 valence electrons. The molecule has 0 unspecified atom stereocenters. The van der Waals surface area contributed by atoms with Crippen molar-refractivity contribution in [3.05, 3.63) is 28.2 Å². The molecular weight excluding hydrogens is 298 g/mol. The van der Waals surface area contributed by atoms with E-state index in [9.17, 15) is 9.90 Å². The number of carbonyl (C=O) groups excluding carboxylic acids is 1. The van der Waals surface area contributed by atoms with Crippen molar-refractivity contribution in [3.63, 3.8) is 0 Å². The maximum Gasteiger partial charge on any atom is 0.225 e. The Morgan fingerprint density at radius 3 is 2.72 bits per heavy atom. The van der Waals surface area contributed by atoms with Crippen LogP contribution in [0.5, 0.6) is 5.75 Å². The second-order valence-corrected chi connectivity index (χ2v) is 5.16. The van der Waals surface area contributed by atoms with Crippen LogP contribution in [0, 0.1) is 0 Å². The molecule has 1 amide bonds. The van der Waals surface area contributed by atoms with Gasteiger partial charge in [0.05, 0.1) is 19.1 Å². The van der Waals surface area contributed by atoms with Gasteiger partial charge >= 0.3 is 0 Å². The highest BCUT2D eigenvalue weighted by Gasteiger charge is 2.11. The van der Waals surface area contributed by atoms with Crippen molar-refractivity contribution in [2.45, 2.75) is 19.4 Å². The summed E-state index contributed by atoms with van der Waals surface area (Å²) < 4.78 is 6.43. The Morgan fingerprint density at radius 1 is 1.50 bits per heavy atom. The molecule has 0 heterocycles. The van der Waals surface area contributed by atoms with Gasteiger partial charge in [-0.1, -0.05) is 15.9 Å². The summed E-state index contributed by atoms with van der Waals surface area (Å²) in [5.41, 5.74) is 0.710. The van der Waals surface area contributed by atoms with E-state index in [0.717, 1.165) is 4.47 Å². The third-order valence-electron chi connectivity index (χ3n) is 2.49. The van der Waals surface area contributed by atoms with Gasteiger partial charge in [-0.15, -0.1) is 0 Å². The number of amides is 1. The molecule has 1 aromatic rings. The Kier molecular flexibility index (Phi) is 5.62. The molecule has 0 bridgehead atoms. The molecule has 4 nitrogen and oxygen atoms in total. The predicted octanol–water partition coefficient (Wildman–Crippen LogP) is 2.36. The summed E-state index contributed by atoms with van der Waals surface area (Å²) in [4.78, 5) is 12.9. The molecule has 0 saturated carbocycles. The van der Waals surface area contributed by atoms with Gasteiger partial charge in [-0.05, 0) is 25.1 Å². The Morgan fingerprint density at radius 2 is 2.17 bits per heavy atom. The predicted molar refractivity (Wildman–Crippen MR) is 73.6 cm³/mol. The lowest BCUT2D eigenvalue weighted by atomic mass is 10.1. The number of nitrogens with zero attached hydrogens (tertiary/aromatic N) is 1. The van der Waals surface area contributed by atoms with Gasteiger partial charge < -0.3 is 14.7 Å². The summed E-state index contributed by atoms with van der Waals surface area (Å²) >= 11 is 3.35. The number of aliphatic hydroxyl groups excluding tert-OH is 1. The van der Waals surface area contributed by atoms with E-state index >= 15 is 0 Å². The zero-order valence-electron chi connectivity index (χ0n) is 10.8. The molecule has 0 aliphatic carbocycles. The minimum atomic E-state index is -0.609. The number of halogens is 1. The number of hydrogen-bond donors (Lipinski definition) is 1. The number of carbonyl (C=O) groups is 1. The van der Waals surface area contributed by atoms with Crippen molar-refractivity contribution < 1.29 is 14.6 Å². The monoisotopic (exact) mass is 315 g/mol. The first-order valence-electron chi connectivity index (χ1n) is 5.72. The molecule has 5 heteroatoms. The van der Waals surface area contributed by atoms with Crippen molar-refractivity contribution in [2.75, 3.05) is 20.7 Å². The van der Waals surface area contributed by atoms with E-state index in [4.69, 9.17) is 4.74 Å². The number of aliphatic hydroxyl groups is 1. The molecule has 0 aromatic heterocycles. The highest BCUT2D eigenvalue weighted by atomic mass is 79.9. The lowest BCUT2D eigenvalue weighted by molar-refractivity contribution is -0.129. The summed E-state index contributed by atoms with van der Waals surface area (Å²) in [6, 6.07) is 5.44. The van der Waals surface area contributed by atoms with Gasteiger partial charge in [-0.3, -0.25) is 4.79 Å². The number of hydrogen-bond acceptors (Lipinski definition) is 3. The van der Waals surface area contributed by atoms with Gasteiger partial charge in [-0.2, -0.15) is 0 Å². The maximum absolute atomic E-state index is 11.4. The number of rotatable bonds is 5. The number of ether oxygens (including phenoxy) is 1. The van der Waals surface area contributed by atoms with E-state index in [1.54, 1.807) is 27.1 Å². The average Bonchev–Trinajstić information content (AvgIpc) is 2.30. The van der Waals surface area contributed by atoms with Crippen LogP contribution < -0.4 is 4.74 Å². The second-order valence-electron chi connectivity index (χ2n) is 4.24. The first kappa shape index (κ1) is 15.0. The maximum atomic E-state index is 11.4. The van der Waals surface area contributed by atoms with E-state index in [1.807, 2.05) is 12.1 Å². The first-order chi connectivity index (χ1) is 8.41. The molecular formula is C13H18BrNO3. The van der Waals surface area contributed by atoms with Crippen LogP contribution in [0.3, 0.4) is 0 Å². The van der Waals surface area contributed by atoms with Crippen molar-refractivity contribution in [1.82, 2.24) is 4.90 Å². The third-order valence-corrected chi connectivity index (χ3v) is 2.99. The SMILES string of the molecule is C[C@@H](O)c1cc(Br)ccc1OCCC(=O)N(C)C. The van der Waals surface area contributed by atoms with E-state index in [2.05, 4.69) is 15.9 Å². The van der Waals surface area contributed by atoms with Gasteiger partial charge in [0.25, 0.3) is 0 Å². The van der Waals surface area contributed by atoms with Crippen LogP contribution in [0.4, 0.5) is 0 Å². The summed E-state index contributed by atoms with van der Waals surface area (Å²) in [6.07, 6.45) is -0.287. The van der Waals surface area contributed by atoms with Crippen molar-refractivity contribution in [2.24, 2.45) is 0 Å². The van der Waals surface area contributed by atoms with Crippen LogP contribution in [-0.4, -0.2) is 36.6 Å². The lowest BCUT2D eigenvalue weighted by Gasteiger charge is -2.15. The van der Waals surface area contributed by atoms with Crippen LogP contribution in [-0.2, 0) is 4.79 Å². The molecule has 0 aliphatic rings. The Hall–Kier alpha value is -1.07. The first-order valence-corrected chi connectivity index (χ1v) is 6.51. The molecule has 1 aromatic carbocycles. The van der Waals surface area contributed by atoms with Crippen molar-refractivity contribution >= 4 is 21.8 Å². The fourth-order valence-corrected chi connectivity index (χ4v) is 1.83. The minimum Gasteiger partial charge on any atom is -0.493 e. The fraction of sp³-hybridized carbons (Fsp3) is 0.462. The summed E-state index contributed by atoms with van der Waals surface area (Å²) in [7, 11) is 3.42. The van der Waals surface area contributed by atoms with Gasteiger partial charge in [0.2, 0.25) is 5.91 Å². The number of benzene rings is 1. The van der Waals surface area contributed by atoms with Gasteiger partial charge in [0.15, 0.2) is 0 Å². The fourth-order valence-electron chi connectivity index (χ4n) is 1.45. The normalized spacial score (nSPS) is 12.1. The highest BCUT2D eigenvalue weighted by Crippen LogP contribution is 2.28. The van der Waals surface area contributed by atoms with E-state index < -0.39 is 6.10 Å². The molecule has 18 heavy (non-hydrogen) atoms. The Bertz CT molecular complexity index is 419. The Balaban J connectivity index is 2.65. The van der Waals surface area contributed by atoms with Gasteiger partial charge in [0, 0.05) is 24.1 Å². The summed E-state index contributed by atoms with van der Waals surface area (Å²) in [6.45, 7) is 1.98. The van der Waals surface area contributed by atoms with Gasteiger partial charge in [0.1, 0.15) is 5.75 Å². The topological polar surface area (TPSA) is 49.8 Å². The molecule has 1 atom stereocenters. The molecule has 0 saturated heterocycles. The van der Waals surface area contributed by atoms with Crippen LogP contribution in [0.15, 0.2) is 22.7 Å². The highest BCUT2D eigenvalue weighted by molar-refractivity contribution is 9.10. The van der Waals surface area contributed by atoms with E-state index in [-0.39, 0.29) is 5.91 Å². The van der Waals surface area contributed by atoms with E-state index in [0.29, 0.717) is 24.3 Å². The van der Waals surface area contributed by atoms with Crippen LogP contribution >= 0.6 is 15.9 Å². The van der Waals surface area contributed by atoms with Crippen molar-refractivity contribution in [1.29, 1.82) is 0 Å². The summed E-state index contributed by atoms with van der Waals surface area (Å²) in [5, 5.41) is 9.65. The van der Waals surface area contributed by atoms with Gasteiger partial charge in [-0.25, -0.2) is 0 Å². The van der Waals surface area contributed by atoms with Crippen LogP contribution in [0.1, 0.15) is 25.0 Å².